The molecule has 2 aromatic heterocycles. The maximum Gasteiger partial charge on any atom is 0.266 e. The van der Waals surface area contributed by atoms with E-state index in [4.69, 9.17) is 5.73 Å². The van der Waals surface area contributed by atoms with Gasteiger partial charge in [0.1, 0.15) is 11.4 Å². The van der Waals surface area contributed by atoms with Crippen molar-refractivity contribution in [3.05, 3.63) is 93.8 Å². The van der Waals surface area contributed by atoms with Crippen molar-refractivity contribution in [3.8, 4) is 0 Å². The smallest absolute Gasteiger partial charge is 0.266 e. The topological polar surface area (TPSA) is 128 Å². The summed E-state index contributed by atoms with van der Waals surface area (Å²) in [7, 11) is 0. The minimum Gasteiger partial charge on any atom is -0.366 e. The van der Waals surface area contributed by atoms with E-state index in [9.17, 15) is 18.4 Å². The molecule has 1 amide bonds. The number of carbonyl (C=O) groups is 1. The number of fused-ring (bicyclic) bond motifs is 1. The van der Waals surface area contributed by atoms with E-state index in [1.165, 1.54) is 23.2 Å². The van der Waals surface area contributed by atoms with Gasteiger partial charge < -0.3 is 16.4 Å². The summed E-state index contributed by atoms with van der Waals surface area (Å²) >= 11 is 0. The fourth-order valence-electron chi connectivity index (χ4n) is 4.54. The number of hydrogen-bond donors (Lipinski definition) is 3. The van der Waals surface area contributed by atoms with E-state index in [-0.39, 0.29) is 24.7 Å². The Morgan fingerprint density at radius 2 is 1.79 bits per heavy atom. The minimum absolute atomic E-state index is 0.0580. The second-order valence-corrected chi connectivity index (χ2v) is 9.51. The summed E-state index contributed by atoms with van der Waals surface area (Å²) in [6, 6.07) is 9.43. The Bertz CT molecular complexity index is 1530. The van der Waals surface area contributed by atoms with Gasteiger partial charge in [-0.25, -0.2) is 18.7 Å². The van der Waals surface area contributed by atoms with Crippen LogP contribution >= 0.6 is 0 Å². The first-order valence-electron chi connectivity index (χ1n) is 12.4. The van der Waals surface area contributed by atoms with Crippen LogP contribution in [0.1, 0.15) is 47.2 Å². The largest absolute Gasteiger partial charge is 0.366 e. The molecule has 2 heterocycles. The SMILES string of the molecule is NC1CCC(Nc2cnc3ccc(CNC(=O)c4cncn(Cc5ccc(F)c(F)c5)c4=O)cc3n2)CC1. The van der Waals surface area contributed by atoms with E-state index in [0.717, 1.165) is 48.9 Å². The molecule has 1 saturated carbocycles. The molecule has 0 saturated heterocycles. The molecule has 4 aromatic rings. The van der Waals surface area contributed by atoms with Crippen molar-refractivity contribution in [3.63, 3.8) is 0 Å². The lowest BCUT2D eigenvalue weighted by atomic mass is 9.92. The Morgan fingerprint density at radius 3 is 2.58 bits per heavy atom. The molecule has 11 heteroatoms. The number of aromatic nitrogens is 4. The number of anilines is 1. The normalized spacial score (nSPS) is 17.3. The monoisotopic (exact) mass is 519 g/mol. The number of nitrogens with zero attached hydrogens (tertiary/aromatic N) is 4. The van der Waals surface area contributed by atoms with Gasteiger partial charge in [-0.3, -0.25) is 19.1 Å². The predicted octanol–water partition coefficient (Wildman–Crippen LogP) is 3.12. The number of hydrogen-bond acceptors (Lipinski definition) is 7. The molecule has 196 valence electrons. The van der Waals surface area contributed by atoms with Crippen LogP contribution in [0.2, 0.25) is 0 Å². The van der Waals surface area contributed by atoms with Crippen molar-refractivity contribution < 1.29 is 13.6 Å². The Morgan fingerprint density at radius 1 is 1.00 bits per heavy atom. The van der Waals surface area contributed by atoms with Crippen molar-refractivity contribution in [2.24, 2.45) is 5.73 Å². The Hall–Kier alpha value is -4.25. The van der Waals surface area contributed by atoms with E-state index in [1.807, 2.05) is 18.2 Å². The zero-order valence-corrected chi connectivity index (χ0v) is 20.5. The summed E-state index contributed by atoms with van der Waals surface area (Å²) in [6.07, 6.45) is 8.08. The lowest BCUT2D eigenvalue weighted by Gasteiger charge is -2.27. The highest BCUT2D eigenvalue weighted by atomic mass is 19.2. The molecule has 0 atom stereocenters. The second kappa shape index (κ2) is 11.0. The first kappa shape index (κ1) is 25.4. The van der Waals surface area contributed by atoms with Gasteiger partial charge in [-0.2, -0.15) is 0 Å². The van der Waals surface area contributed by atoms with Gasteiger partial charge in [0.15, 0.2) is 11.6 Å². The molecule has 0 radical (unpaired) electrons. The molecule has 0 spiro atoms. The molecular formula is C27H27F2N7O2. The van der Waals surface area contributed by atoms with E-state index < -0.39 is 23.1 Å². The number of benzene rings is 2. The van der Waals surface area contributed by atoms with Crippen LogP contribution in [0.3, 0.4) is 0 Å². The van der Waals surface area contributed by atoms with Crippen LogP contribution in [0.4, 0.5) is 14.6 Å². The fourth-order valence-corrected chi connectivity index (χ4v) is 4.54. The summed E-state index contributed by atoms with van der Waals surface area (Å²) < 4.78 is 27.9. The molecule has 1 aliphatic rings. The van der Waals surface area contributed by atoms with Gasteiger partial charge in [0.25, 0.3) is 11.5 Å². The highest BCUT2D eigenvalue weighted by Gasteiger charge is 2.19. The number of rotatable bonds is 7. The van der Waals surface area contributed by atoms with Crippen LogP contribution < -0.4 is 21.9 Å². The van der Waals surface area contributed by atoms with Gasteiger partial charge in [-0.05, 0) is 61.1 Å². The highest BCUT2D eigenvalue weighted by molar-refractivity contribution is 5.93. The summed E-state index contributed by atoms with van der Waals surface area (Å²) in [6.45, 7) is 0.101. The van der Waals surface area contributed by atoms with Crippen LogP contribution in [-0.2, 0) is 13.1 Å². The number of nitrogens with one attached hydrogen (secondary N) is 2. The third-order valence-corrected chi connectivity index (χ3v) is 6.67. The number of halogens is 2. The highest BCUT2D eigenvalue weighted by Crippen LogP contribution is 2.21. The van der Waals surface area contributed by atoms with Gasteiger partial charge in [-0.15, -0.1) is 0 Å². The van der Waals surface area contributed by atoms with Gasteiger partial charge in [-0.1, -0.05) is 12.1 Å². The first-order chi connectivity index (χ1) is 18.4. The molecule has 0 unspecified atom stereocenters. The minimum atomic E-state index is -1.01. The van der Waals surface area contributed by atoms with Crippen LogP contribution in [0.15, 0.2) is 59.9 Å². The van der Waals surface area contributed by atoms with Gasteiger partial charge in [0, 0.05) is 24.8 Å². The molecule has 1 fully saturated rings. The summed E-state index contributed by atoms with van der Waals surface area (Å²) in [5, 5.41) is 6.17. The van der Waals surface area contributed by atoms with Crippen molar-refractivity contribution in [1.29, 1.82) is 0 Å². The zero-order chi connectivity index (χ0) is 26.6. The number of nitrogens with two attached hydrogens (primary N) is 1. The molecule has 0 bridgehead atoms. The Balaban J connectivity index is 1.25. The molecule has 4 N–H and O–H groups in total. The van der Waals surface area contributed by atoms with Crippen LogP contribution in [0.5, 0.6) is 0 Å². The van der Waals surface area contributed by atoms with E-state index in [1.54, 1.807) is 6.20 Å². The van der Waals surface area contributed by atoms with Crippen LogP contribution in [-0.4, -0.2) is 37.5 Å². The van der Waals surface area contributed by atoms with E-state index in [2.05, 4.69) is 25.6 Å². The van der Waals surface area contributed by atoms with E-state index in [0.29, 0.717) is 22.9 Å². The van der Waals surface area contributed by atoms with Gasteiger partial charge in [0.2, 0.25) is 0 Å². The maximum atomic E-state index is 13.5. The Labute approximate surface area is 217 Å². The zero-order valence-electron chi connectivity index (χ0n) is 20.5. The van der Waals surface area contributed by atoms with Crippen molar-refractivity contribution in [2.45, 2.75) is 50.9 Å². The van der Waals surface area contributed by atoms with Crippen LogP contribution in [0, 0.1) is 11.6 Å². The lowest BCUT2D eigenvalue weighted by Crippen LogP contribution is -2.33. The third kappa shape index (κ3) is 5.83. The molecule has 5 rings (SSSR count). The average Bonchev–Trinajstić information content (AvgIpc) is 2.91. The molecule has 9 nitrogen and oxygen atoms in total. The van der Waals surface area contributed by atoms with Crippen molar-refractivity contribution in [2.75, 3.05) is 5.32 Å². The Kier molecular flexibility index (Phi) is 7.36. The molecule has 0 aliphatic heterocycles. The number of amides is 1. The average molecular weight is 520 g/mol. The quantitative estimate of drug-likeness (QED) is 0.342. The van der Waals surface area contributed by atoms with Gasteiger partial charge >= 0.3 is 0 Å². The predicted molar refractivity (Wildman–Crippen MR) is 139 cm³/mol. The molecule has 1 aliphatic carbocycles. The summed E-state index contributed by atoms with van der Waals surface area (Å²) in [4.78, 5) is 38.7. The van der Waals surface area contributed by atoms with E-state index >= 15 is 0 Å². The van der Waals surface area contributed by atoms with Crippen molar-refractivity contribution in [1.82, 2.24) is 24.8 Å². The molecule has 38 heavy (non-hydrogen) atoms. The van der Waals surface area contributed by atoms with Crippen molar-refractivity contribution >= 4 is 22.8 Å². The molecular weight excluding hydrogens is 492 g/mol. The molecule has 2 aromatic carbocycles. The summed E-state index contributed by atoms with van der Waals surface area (Å²) in [5.41, 5.74) is 7.80. The second-order valence-electron chi connectivity index (χ2n) is 9.51. The lowest BCUT2D eigenvalue weighted by molar-refractivity contribution is 0.0948. The first-order valence-corrected chi connectivity index (χ1v) is 12.4. The van der Waals surface area contributed by atoms with Crippen LogP contribution in [0.25, 0.3) is 11.0 Å². The number of carbonyl (C=O) groups excluding carboxylic acids is 1. The third-order valence-electron chi connectivity index (χ3n) is 6.67. The summed E-state index contributed by atoms with van der Waals surface area (Å²) in [5.74, 6) is -1.90. The van der Waals surface area contributed by atoms with Gasteiger partial charge in [0.05, 0.1) is 30.1 Å². The fraction of sp³-hybridized carbons (Fsp3) is 0.296. The maximum absolute atomic E-state index is 13.5. The standard InChI is InChI=1S/C27H27F2N7O2/c28-21-7-1-17(9-22(21)29)14-36-15-31-12-20(27(36)38)26(37)33-11-16-2-8-23-24(10-16)35-25(13-32-23)34-19-5-3-18(30)4-6-19/h1-2,7-10,12-13,15,18-19H,3-6,11,14,30H2,(H,33,37)(H,34,35).